The van der Waals surface area contributed by atoms with Crippen molar-refractivity contribution in [1.82, 2.24) is 10.6 Å². The monoisotopic (exact) mass is 354 g/mol. The minimum Gasteiger partial charge on any atom is -0.456 e. The topological polar surface area (TPSA) is 93.7 Å². The highest BCUT2D eigenvalue weighted by molar-refractivity contribution is 5.80. The number of halogens is 1. The van der Waals surface area contributed by atoms with Gasteiger partial charge in [-0.05, 0) is 38.5 Å². The molecule has 0 aromatic heterocycles. The van der Waals surface area contributed by atoms with Crippen LogP contribution in [-0.4, -0.2) is 36.7 Å². The first-order chi connectivity index (χ1) is 11.7. The highest BCUT2D eigenvalue weighted by Gasteiger charge is 2.16. The van der Waals surface area contributed by atoms with Crippen LogP contribution >= 0.6 is 0 Å². The molecule has 25 heavy (non-hydrogen) atoms. The van der Waals surface area contributed by atoms with E-state index in [-0.39, 0.29) is 25.3 Å². The van der Waals surface area contributed by atoms with Crippen molar-refractivity contribution in [2.24, 2.45) is 0 Å². The van der Waals surface area contributed by atoms with Crippen molar-refractivity contribution in [1.29, 1.82) is 0 Å². The summed E-state index contributed by atoms with van der Waals surface area (Å²) in [4.78, 5) is 34.4. The normalized spacial score (nSPS) is 10.7. The number of rotatable bonds is 7. The third-order valence-corrected chi connectivity index (χ3v) is 2.76. The summed E-state index contributed by atoms with van der Waals surface area (Å²) < 4.78 is 22.5. The molecule has 0 heterocycles. The molecule has 0 aliphatic rings. The molecule has 0 aliphatic heterocycles. The Morgan fingerprint density at radius 2 is 1.72 bits per heavy atom. The van der Waals surface area contributed by atoms with Gasteiger partial charge in [-0.3, -0.25) is 9.59 Å². The Bertz CT molecular complexity index is 596. The van der Waals surface area contributed by atoms with Crippen LogP contribution in [-0.2, 0) is 25.6 Å². The SMILES string of the molecule is CC(C)(C)OC(=O)NCCC(=O)OCC(=O)NCc1ccc(F)cc1. The highest BCUT2D eigenvalue weighted by Crippen LogP contribution is 2.06. The summed E-state index contributed by atoms with van der Waals surface area (Å²) in [5.41, 5.74) is 0.107. The molecule has 7 nitrogen and oxygen atoms in total. The zero-order chi connectivity index (χ0) is 18.9. The standard InChI is InChI=1S/C17H23FN2O5/c1-17(2,3)25-16(23)19-9-8-15(22)24-11-14(21)20-10-12-4-6-13(18)7-5-12/h4-7H,8-11H2,1-3H3,(H,19,23)(H,20,21). The zero-order valence-corrected chi connectivity index (χ0v) is 14.6. The van der Waals surface area contributed by atoms with E-state index in [4.69, 9.17) is 9.47 Å². The van der Waals surface area contributed by atoms with E-state index in [9.17, 15) is 18.8 Å². The molecule has 0 saturated heterocycles. The first-order valence-corrected chi connectivity index (χ1v) is 7.79. The Hall–Kier alpha value is -2.64. The van der Waals surface area contributed by atoms with Gasteiger partial charge in [0.2, 0.25) is 0 Å². The van der Waals surface area contributed by atoms with Gasteiger partial charge in [0.15, 0.2) is 6.61 Å². The Labute approximate surface area is 145 Å². The fourth-order valence-corrected chi connectivity index (χ4v) is 1.65. The Kier molecular flexibility index (Phi) is 7.84. The van der Waals surface area contributed by atoms with E-state index >= 15 is 0 Å². The van der Waals surface area contributed by atoms with Crippen LogP contribution < -0.4 is 10.6 Å². The second-order valence-electron chi connectivity index (χ2n) is 6.24. The number of hydrogen-bond donors (Lipinski definition) is 2. The number of nitrogens with one attached hydrogen (secondary N) is 2. The van der Waals surface area contributed by atoms with Crippen molar-refractivity contribution in [3.8, 4) is 0 Å². The van der Waals surface area contributed by atoms with E-state index < -0.39 is 30.2 Å². The Morgan fingerprint density at radius 3 is 2.32 bits per heavy atom. The van der Waals surface area contributed by atoms with Gasteiger partial charge in [0.05, 0.1) is 6.42 Å². The molecule has 0 saturated carbocycles. The lowest BCUT2D eigenvalue weighted by molar-refractivity contribution is -0.148. The molecular formula is C17H23FN2O5. The summed E-state index contributed by atoms with van der Waals surface area (Å²) in [5.74, 6) is -1.45. The average molecular weight is 354 g/mol. The van der Waals surface area contributed by atoms with E-state index in [0.717, 1.165) is 5.56 Å². The van der Waals surface area contributed by atoms with Crippen molar-refractivity contribution in [3.05, 3.63) is 35.6 Å². The van der Waals surface area contributed by atoms with Gasteiger partial charge in [0, 0.05) is 13.1 Å². The van der Waals surface area contributed by atoms with Gasteiger partial charge < -0.3 is 20.1 Å². The maximum Gasteiger partial charge on any atom is 0.407 e. The number of amides is 2. The Balaban J connectivity index is 2.15. The minimum atomic E-state index is -0.627. The molecule has 0 atom stereocenters. The number of ether oxygens (including phenoxy) is 2. The molecule has 0 unspecified atom stereocenters. The number of benzene rings is 1. The summed E-state index contributed by atoms with van der Waals surface area (Å²) in [6.07, 6.45) is -0.706. The third-order valence-electron chi connectivity index (χ3n) is 2.76. The van der Waals surface area contributed by atoms with Crippen molar-refractivity contribution in [3.63, 3.8) is 0 Å². The first kappa shape index (κ1) is 20.4. The summed E-state index contributed by atoms with van der Waals surface area (Å²) in [6, 6.07) is 5.67. The van der Waals surface area contributed by atoms with Gasteiger partial charge >= 0.3 is 12.1 Å². The third kappa shape index (κ3) is 9.95. The van der Waals surface area contributed by atoms with E-state index in [0.29, 0.717) is 0 Å². The lowest BCUT2D eigenvalue weighted by Crippen LogP contribution is -2.34. The molecule has 0 aliphatic carbocycles. The van der Waals surface area contributed by atoms with E-state index in [1.807, 2.05) is 0 Å². The zero-order valence-electron chi connectivity index (χ0n) is 14.6. The molecule has 1 rings (SSSR count). The van der Waals surface area contributed by atoms with Crippen molar-refractivity contribution in [2.45, 2.75) is 39.3 Å². The largest absolute Gasteiger partial charge is 0.456 e. The van der Waals surface area contributed by atoms with Crippen LogP contribution in [0.2, 0.25) is 0 Å². The molecule has 0 spiro atoms. The summed E-state index contributed by atoms with van der Waals surface area (Å²) in [6.45, 7) is 5.01. The molecule has 2 amide bonds. The maximum atomic E-state index is 12.7. The lowest BCUT2D eigenvalue weighted by Gasteiger charge is -2.19. The predicted octanol–water partition coefficient (Wildman–Crippen LogP) is 1.90. The maximum absolute atomic E-state index is 12.7. The van der Waals surface area contributed by atoms with Crippen LogP contribution in [0.25, 0.3) is 0 Å². The number of alkyl carbamates (subject to hydrolysis) is 1. The van der Waals surface area contributed by atoms with Crippen molar-refractivity contribution < 1.29 is 28.2 Å². The van der Waals surface area contributed by atoms with Gasteiger partial charge in [-0.1, -0.05) is 12.1 Å². The van der Waals surface area contributed by atoms with Crippen LogP contribution in [0.15, 0.2) is 24.3 Å². The molecule has 1 aromatic rings. The summed E-state index contributed by atoms with van der Waals surface area (Å²) >= 11 is 0. The number of esters is 1. The van der Waals surface area contributed by atoms with E-state index in [1.54, 1.807) is 32.9 Å². The van der Waals surface area contributed by atoms with E-state index in [2.05, 4.69) is 10.6 Å². The first-order valence-electron chi connectivity index (χ1n) is 7.79. The van der Waals surface area contributed by atoms with Gasteiger partial charge in [0.1, 0.15) is 11.4 Å². The van der Waals surface area contributed by atoms with Crippen LogP contribution in [0, 0.1) is 5.82 Å². The second-order valence-corrected chi connectivity index (χ2v) is 6.24. The molecule has 8 heteroatoms. The lowest BCUT2D eigenvalue weighted by atomic mass is 10.2. The van der Waals surface area contributed by atoms with Crippen LogP contribution in [0.5, 0.6) is 0 Å². The van der Waals surface area contributed by atoms with E-state index in [1.165, 1.54) is 12.1 Å². The van der Waals surface area contributed by atoms with Gasteiger partial charge in [-0.15, -0.1) is 0 Å². The minimum absolute atomic E-state index is 0.0466. The molecule has 138 valence electrons. The highest BCUT2D eigenvalue weighted by atomic mass is 19.1. The fourth-order valence-electron chi connectivity index (χ4n) is 1.65. The number of carbonyl (C=O) groups is 3. The van der Waals surface area contributed by atoms with Crippen molar-refractivity contribution >= 4 is 18.0 Å². The molecule has 0 fully saturated rings. The molecule has 2 N–H and O–H groups in total. The second kappa shape index (κ2) is 9.61. The van der Waals surface area contributed by atoms with Crippen LogP contribution in [0.4, 0.5) is 9.18 Å². The van der Waals surface area contributed by atoms with Gasteiger partial charge in [-0.25, -0.2) is 9.18 Å². The average Bonchev–Trinajstić information content (AvgIpc) is 2.50. The van der Waals surface area contributed by atoms with Crippen LogP contribution in [0.1, 0.15) is 32.8 Å². The molecule has 0 bridgehead atoms. The molecular weight excluding hydrogens is 331 g/mol. The predicted molar refractivity (Wildman–Crippen MR) is 88.1 cm³/mol. The quantitative estimate of drug-likeness (QED) is 0.730. The Morgan fingerprint density at radius 1 is 1.08 bits per heavy atom. The van der Waals surface area contributed by atoms with Crippen LogP contribution in [0.3, 0.4) is 0 Å². The number of carbonyl (C=O) groups excluding carboxylic acids is 3. The molecule has 1 aromatic carbocycles. The smallest absolute Gasteiger partial charge is 0.407 e. The fraction of sp³-hybridized carbons (Fsp3) is 0.471. The summed E-state index contributed by atoms with van der Waals surface area (Å²) in [7, 11) is 0. The van der Waals surface area contributed by atoms with Gasteiger partial charge in [-0.2, -0.15) is 0 Å². The summed E-state index contributed by atoms with van der Waals surface area (Å²) in [5, 5.41) is 4.96. The molecule has 0 radical (unpaired) electrons. The van der Waals surface area contributed by atoms with Crippen molar-refractivity contribution in [2.75, 3.05) is 13.2 Å². The van der Waals surface area contributed by atoms with Gasteiger partial charge in [0.25, 0.3) is 5.91 Å². The number of hydrogen-bond acceptors (Lipinski definition) is 5.